The topological polar surface area (TPSA) is 58.6 Å². The van der Waals surface area contributed by atoms with Gasteiger partial charge in [-0.15, -0.1) is 11.3 Å². The van der Waals surface area contributed by atoms with Crippen LogP contribution < -0.4 is 5.32 Å². The summed E-state index contributed by atoms with van der Waals surface area (Å²) in [4.78, 5) is 26.5. The number of nitrogens with zero attached hydrogens (tertiary/aromatic N) is 1. The van der Waals surface area contributed by atoms with Gasteiger partial charge >= 0.3 is 5.97 Å². The lowest BCUT2D eigenvalue weighted by Crippen LogP contribution is -2.37. The van der Waals surface area contributed by atoms with Gasteiger partial charge in [-0.1, -0.05) is 6.07 Å². The second-order valence-electron chi connectivity index (χ2n) is 4.92. The molecule has 1 aromatic heterocycles. The molecule has 1 aliphatic heterocycles. The number of ether oxygens (including phenoxy) is 1. The van der Waals surface area contributed by atoms with E-state index in [-0.39, 0.29) is 17.8 Å². The highest BCUT2D eigenvalue weighted by molar-refractivity contribution is 7.09. The fourth-order valence-corrected chi connectivity index (χ4v) is 3.08. The Labute approximate surface area is 122 Å². The van der Waals surface area contributed by atoms with Crippen molar-refractivity contribution in [3.8, 4) is 0 Å². The number of rotatable bonds is 6. The van der Waals surface area contributed by atoms with Crippen molar-refractivity contribution in [2.45, 2.75) is 12.8 Å². The van der Waals surface area contributed by atoms with E-state index in [0.29, 0.717) is 19.6 Å². The Morgan fingerprint density at radius 2 is 2.40 bits per heavy atom. The first-order chi connectivity index (χ1) is 9.69. The maximum atomic E-state index is 11.8. The minimum Gasteiger partial charge on any atom is -0.469 e. The average Bonchev–Trinajstić information content (AvgIpc) is 3.09. The van der Waals surface area contributed by atoms with Crippen molar-refractivity contribution in [2.75, 3.05) is 33.3 Å². The maximum Gasteiger partial charge on any atom is 0.310 e. The third kappa shape index (κ3) is 4.31. The quantitative estimate of drug-likeness (QED) is 0.793. The molecular weight excluding hydrogens is 276 g/mol. The lowest BCUT2D eigenvalue weighted by Gasteiger charge is -2.15. The van der Waals surface area contributed by atoms with E-state index >= 15 is 0 Å². The van der Waals surface area contributed by atoms with Gasteiger partial charge in [-0.05, 0) is 30.8 Å². The van der Waals surface area contributed by atoms with Crippen LogP contribution in [0.2, 0.25) is 0 Å². The van der Waals surface area contributed by atoms with E-state index in [0.717, 1.165) is 19.4 Å². The molecule has 1 aliphatic rings. The number of esters is 1. The molecule has 1 fully saturated rings. The van der Waals surface area contributed by atoms with Crippen LogP contribution in [0, 0.1) is 5.92 Å². The highest BCUT2D eigenvalue weighted by Crippen LogP contribution is 2.16. The molecular formula is C14H20N2O3S. The lowest BCUT2D eigenvalue weighted by molar-refractivity contribution is -0.145. The first-order valence-corrected chi connectivity index (χ1v) is 7.66. The van der Waals surface area contributed by atoms with Gasteiger partial charge in [0.15, 0.2) is 0 Å². The molecule has 0 aliphatic carbocycles. The molecule has 1 saturated heterocycles. The molecule has 1 unspecified atom stereocenters. The SMILES string of the molecule is COC(=O)C1CCN(CC(=O)NCCc2cccs2)C1. The van der Waals surface area contributed by atoms with E-state index in [1.807, 2.05) is 16.3 Å². The van der Waals surface area contributed by atoms with Gasteiger partial charge in [0, 0.05) is 18.0 Å². The van der Waals surface area contributed by atoms with Crippen LogP contribution in [-0.2, 0) is 20.7 Å². The fraction of sp³-hybridized carbons (Fsp3) is 0.571. The summed E-state index contributed by atoms with van der Waals surface area (Å²) in [5.41, 5.74) is 0. The normalized spacial score (nSPS) is 18.9. The number of thiophene rings is 1. The van der Waals surface area contributed by atoms with Crippen LogP contribution in [0.3, 0.4) is 0 Å². The van der Waals surface area contributed by atoms with E-state index in [1.54, 1.807) is 11.3 Å². The van der Waals surface area contributed by atoms with E-state index in [4.69, 9.17) is 4.74 Å². The molecule has 1 N–H and O–H groups in total. The van der Waals surface area contributed by atoms with Crippen LogP contribution in [0.15, 0.2) is 17.5 Å². The van der Waals surface area contributed by atoms with Crippen LogP contribution >= 0.6 is 11.3 Å². The largest absolute Gasteiger partial charge is 0.469 e. The van der Waals surface area contributed by atoms with Gasteiger partial charge in [-0.25, -0.2) is 0 Å². The molecule has 0 saturated carbocycles. The molecule has 0 bridgehead atoms. The van der Waals surface area contributed by atoms with Crippen LogP contribution in [0.25, 0.3) is 0 Å². The number of nitrogens with one attached hydrogen (secondary N) is 1. The Bertz CT molecular complexity index is 447. The van der Waals surface area contributed by atoms with Crippen molar-refractivity contribution < 1.29 is 14.3 Å². The maximum absolute atomic E-state index is 11.8. The summed E-state index contributed by atoms with van der Waals surface area (Å²) < 4.78 is 4.73. The first kappa shape index (κ1) is 15.0. The number of carbonyl (C=O) groups excluding carboxylic acids is 2. The zero-order valence-electron chi connectivity index (χ0n) is 11.6. The number of hydrogen-bond acceptors (Lipinski definition) is 5. The lowest BCUT2D eigenvalue weighted by atomic mass is 10.1. The molecule has 5 nitrogen and oxygen atoms in total. The summed E-state index contributed by atoms with van der Waals surface area (Å²) in [6.45, 7) is 2.41. The summed E-state index contributed by atoms with van der Waals surface area (Å²) in [5.74, 6) is -0.239. The van der Waals surface area contributed by atoms with Gasteiger partial charge in [-0.3, -0.25) is 14.5 Å². The van der Waals surface area contributed by atoms with Crippen LogP contribution in [0.5, 0.6) is 0 Å². The third-order valence-electron chi connectivity index (χ3n) is 3.45. The van der Waals surface area contributed by atoms with Crippen molar-refractivity contribution in [1.29, 1.82) is 0 Å². The molecule has 0 spiro atoms. The molecule has 1 amide bonds. The number of carbonyl (C=O) groups is 2. The Morgan fingerprint density at radius 1 is 1.55 bits per heavy atom. The highest BCUT2D eigenvalue weighted by atomic mass is 32.1. The Morgan fingerprint density at radius 3 is 3.10 bits per heavy atom. The Balaban J connectivity index is 1.64. The minimum atomic E-state index is -0.175. The standard InChI is InChI=1S/C14H20N2O3S/c1-19-14(18)11-5-7-16(9-11)10-13(17)15-6-4-12-3-2-8-20-12/h2-3,8,11H,4-7,9-10H2,1H3,(H,15,17). The molecule has 0 radical (unpaired) electrons. The summed E-state index contributed by atoms with van der Waals surface area (Å²) in [7, 11) is 1.41. The summed E-state index contributed by atoms with van der Waals surface area (Å²) in [6.07, 6.45) is 1.64. The van der Waals surface area contributed by atoms with Crippen molar-refractivity contribution >= 4 is 23.2 Å². The van der Waals surface area contributed by atoms with Crippen molar-refractivity contribution in [3.63, 3.8) is 0 Å². The molecule has 2 rings (SSSR count). The van der Waals surface area contributed by atoms with E-state index in [9.17, 15) is 9.59 Å². The van der Waals surface area contributed by atoms with Gasteiger partial charge < -0.3 is 10.1 Å². The zero-order chi connectivity index (χ0) is 14.4. The smallest absolute Gasteiger partial charge is 0.310 e. The summed E-state index contributed by atoms with van der Waals surface area (Å²) >= 11 is 1.70. The van der Waals surface area contributed by atoms with Crippen molar-refractivity contribution in [2.24, 2.45) is 5.92 Å². The molecule has 20 heavy (non-hydrogen) atoms. The number of hydrogen-bond donors (Lipinski definition) is 1. The molecule has 1 atom stereocenters. The Kier molecular flexibility index (Phi) is 5.55. The van der Waals surface area contributed by atoms with Crippen molar-refractivity contribution in [3.05, 3.63) is 22.4 Å². The third-order valence-corrected chi connectivity index (χ3v) is 4.38. The van der Waals surface area contributed by atoms with Gasteiger partial charge in [0.25, 0.3) is 0 Å². The van der Waals surface area contributed by atoms with Gasteiger partial charge in [0.05, 0.1) is 19.6 Å². The van der Waals surface area contributed by atoms with Gasteiger partial charge in [0.2, 0.25) is 5.91 Å². The predicted octanol–water partition coefficient (Wildman–Crippen LogP) is 0.902. The van der Waals surface area contributed by atoms with Crippen LogP contribution in [0.4, 0.5) is 0 Å². The molecule has 6 heteroatoms. The predicted molar refractivity (Wildman–Crippen MR) is 77.6 cm³/mol. The second-order valence-corrected chi connectivity index (χ2v) is 5.96. The van der Waals surface area contributed by atoms with E-state index in [1.165, 1.54) is 12.0 Å². The molecule has 110 valence electrons. The number of methoxy groups -OCH3 is 1. The van der Waals surface area contributed by atoms with Gasteiger partial charge in [-0.2, -0.15) is 0 Å². The minimum absolute atomic E-state index is 0.0204. The van der Waals surface area contributed by atoms with E-state index in [2.05, 4.69) is 11.4 Å². The summed E-state index contributed by atoms with van der Waals surface area (Å²) in [6, 6.07) is 4.08. The number of likely N-dealkylation sites (tertiary alicyclic amines) is 1. The van der Waals surface area contributed by atoms with Gasteiger partial charge in [0.1, 0.15) is 0 Å². The van der Waals surface area contributed by atoms with Crippen LogP contribution in [-0.4, -0.2) is 50.1 Å². The van der Waals surface area contributed by atoms with Crippen molar-refractivity contribution in [1.82, 2.24) is 10.2 Å². The number of amides is 1. The highest BCUT2D eigenvalue weighted by Gasteiger charge is 2.29. The fourth-order valence-electron chi connectivity index (χ4n) is 2.37. The second kappa shape index (κ2) is 7.40. The molecule has 2 heterocycles. The molecule has 1 aromatic rings. The van der Waals surface area contributed by atoms with Crippen LogP contribution in [0.1, 0.15) is 11.3 Å². The zero-order valence-corrected chi connectivity index (χ0v) is 12.4. The monoisotopic (exact) mass is 296 g/mol. The average molecular weight is 296 g/mol. The molecule has 0 aromatic carbocycles. The van der Waals surface area contributed by atoms with E-state index < -0.39 is 0 Å². The Hall–Kier alpha value is -1.40. The first-order valence-electron chi connectivity index (χ1n) is 6.78. The summed E-state index contributed by atoms with van der Waals surface area (Å²) in [5, 5.41) is 4.95.